The van der Waals surface area contributed by atoms with Crippen LogP contribution in [0.2, 0.25) is 5.02 Å². The van der Waals surface area contributed by atoms with Crippen LogP contribution in [0.1, 0.15) is 17.0 Å². The quantitative estimate of drug-likeness (QED) is 0.531. The average Bonchev–Trinajstić information content (AvgIpc) is 2.75. The molecule has 4 nitrogen and oxygen atoms in total. The van der Waals surface area contributed by atoms with Crippen molar-refractivity contribution in [3.05, 3.63) is 87.8 Å². The van der Waals surface area contributed by atoms with E-state index in [1.165, 1.54) is 13.1 Å². The molecule has 0 bridgehead atoms. The summed E-state index contributed by atoms with van der Waals surface area (Å²) in [5, 5.41) is 10.1. The van der Waals surface area contributed by atoms with Gasteiger partial charge in [-0.1, -0.05) is 0 Å². The molecular formula is C23H23ClN3OSe. The third-order valence-corrected chi connectivity index (χ3v) is 5.76. The molecule has 1 fully saturated rings. The average molecular weight is 472 g/mol. The molecule has 1 radical (unpaired) electrons. The van der Waals surface area contributed by atoms with Crippen LogP contribution in [0.4, 0.5) is 0 Å². The first kappa shape index (κ1) is 21.7. The van der Waals surface area contributed by atoms with Gasteiger partial charge in [0.25, 0.3) is 0 Å². The summed E-state index contributed by atoms with van der Waals surface area (Å²) in [5.74, 6) is 2.15. The van der Waals surface area contributed by atoms with E-state index in [-0.39, 0.29) is 5.92 Å². The van der Waals surface area contributed by atoms with Crippen molar-refractivity contribution in [1.82, 2.24) is 0 Å². The van der Waals surface area contributed by atoms with Crippen LogP contribution < -0.4 is 4.90 Å². The molecule has 1 atom stereocenters. The first-order valence-corrected chi connectivity index (χ1v) is 10.8. The van der Waals surface area contributed by atoms with Crippen LogP contribution in [0.5, 0.6) is 0 Å². The minimum absolute atomic E-state index is 0.119. The molecule has 0 spiro atoms. The number of hydrogen-bond donors (Lipinski definition) is 1. The number of nitrogens with one attached hydrogen (secondary N) is 1. The monoisotopic (exact) mass is 472 g/mol. The molecule has 1 saturated heterocycles. The minimum atomic E-state index is -0.119. The summed E-state index contributed by atoms with van der Waals surface area (Å²) in [6.45, 7) is 4.26. The summed E-state index contributed by atoms with van der Waals surface area (Å²) in [6.07, 6.45) is 2.03. The molecule has 0 aliphatic carbocycles. The number of benzene rings is 2. The molecule has 0 saturated carbocycles. The standard InChI is InChI=1S/C18H11ClN2Se.C5H11NO/c19-14-8-6-12(7-9-14)15-10-17(13-4-2-1-3-5-13)21-18(22)16(15)11-20;1-6-2-4-7-5-3-6/h1-10,15H;2-5H2,1H3/q-1;/p+1. The van der Waals surface area contributed by atoms with Crippen LogP contribution in [-0.4, -0.2) is 59.8 Å². The molecule has 1 N–H and O–H groups in total. The molecule has 0 aromatic heterocycles. The zero-order valence-electron chi connectivity index (χ0n) is 16.3. The second-order valence-corrected chi connectivity index (χ2v) is 8.21. The predicted molar refractivity (Wildman–Crippen MR) is 121 cm³/mol. The van der Waals surface area contributed by atoms with Crippen LogP contribution in [0, 0.1) is 0 Å². The van der Waals surface area contributed by atoms with Gasteiger partial charge in [-0.15, -0.1) is 0 Å². The molecule has 0 amide bonds. The predicted octanol–water partition coefficient (Wildman–Crippen LogP) is 2.74. The number of rotatable bonds is 2. The zero-order valence-corrected chi connectivity index (χ0v) is 18.7. The fraction of sp³-hybridized carbons (Fsp3) is 0.261. The van der Waals surface area contributed by atoms with E-state index in [9.17, 15) is 5.41 Å². The van der Waals surface area contributed by atoms with E-state index < -0.39 is 0 Å². The van der Waals surface area contributed by atoms with E-state index >= 15 is 0 Å². The number of ether oxygens (including phenoxy) is 1. The van der Waals surface area contributed by atoms with E-state index in [0.29, 0.717) is 15.2 Å². The third kappa shape index (κ3) is 6.00. The van der Waals surface area contributed by atoms with Gasteiger partial charge in [0.2, 0.25) is 0 Å². The Hall–Kier alpha value is -1.97. The van der Waals surface area contributed by atoms with Crippen LogP contribution in [-0.2, 0) is 4.74 Å². The number of nitrogens with zero attached hydrogens (tertiary/aromatic N) is 2. The Morgan fingerprint density at radius 3 is 2.31 bits per heavy atom. The van der Waals surface area contributed by atoms with Gasteiger partial charge in [-0.25, -0.2) is 0 Å². The van der Waals surface area contributed by atoms with Gasteiger partial charge in [-0.05, 0) is 0 Å². The zero-order chi connectivity index (χ0) is 20.6. The van der Waals surface area contributed by atoms with Gasteiger partial charge in [-0.3, -0.25) is 0 Å². The van der Waals surface area contributed by atoms with Gasteiger partial charge in [0.15, 0.2) is 0 Å². The summed E-state index contributed by atoms with van der Waals surface area (Å²) in [7, 11) is 2.20. The fourth-order valence-electron chi connectivity index (χ4n) is 3.12. The first-order chi connectivity index (χ1) is 14.1. The van der Waals surface area contributed by atoms with Crippen LogP contribution in [0.25, 0.3) is 11.1 Å². The number of likely N-dealkylation sites (N-methyl/N-ethyl adjacent to an activating group) is 1. The Bertz CT molecular complexity index is 928. The molecule has 149 valence electrons. The molecule has 29 heavy (non-hydrogen) atoms. The van der Waals surface area contributed by atoms with Crippen LogP contribution in [0.3, 0.4) is 0 Å². The van der Waals surface area contributed by atoms with E-state index in [4.69, 9.17) is 16.3 Å². The first-order valence-electron chi connectivity index (χ1n) is 9.53. The second kappa shape index (κ2) is 10.7. The molecule has 1 unspecified atom stereocenters. The van der Waals surface area contributed by atoms with Crippen LogP contribution >= 0.6 is 11.6 Å². The third-order valence-electron chi connectivity index (χ3n) is 4.85. The Morgan fingerprint density at radius 1 is 1.10 bits per heavy atom. The molecule has 6 heteroatoms. The summed E-state index contributed by atoms with van der Waals surface area (Å²) in [6, 6.07) is 17.5. The van der Waals surface area contributed by atoms with E-state index in [1.807, 2.05) is 60.7 Å². The van der Waals surface area contributed by atoms with Crippen molar-refractivity contribution in [2.75, 3.05) is 33.4 Å². The summed E-state index contributed by atoms with van der Waals surface area (Å²) >= 11 is 8.87. The van der Waals surface area contributed by atoms with Crippen molar-refractivity contribution in [3.63, 3.8) is 0 Å². The van der Waals surface area contributed by atoms with Crippen molar-refractivity contribution >= 4 is 43.8 Å². The van der Waals surface area contributed by atoms with Crippen molar-refractivity contribution in [2.45, 2.75) is 5.92 Å². The Balaban J connectivity index is 0.000000290. The van der Waals surface area contributed by atoms with Gasteiger partial charge >= 0.3 is 143 Å². The van der Waals surface area contributed by atoms with Gasteiger partial charge in [0.05, 0.1) is 20.3 Å². The number of quaternary nitrogens is 1. The van der Waals surface area contributed by atoms with Crippen molar-refractivity contribution in [1.29, 1.82) is 0 Å². The van der Waals surface area contributed by atoms with Gasteiger partial charge < -0.3 is 9.64 Å². The Kier molecular flexibility index (Phi) is 8.02. The maximum atomic E-state index is 9.46. The maximum absolute atomic E-state index is 9.46. The molecule has 2 heterocycles. The van der Waals surface area contributed by atoms with Gasteiger partial charge in [-0.2, -0.15) is 0 Å². The van der Waals surface area contributed by atoms with E-state index in [1.54, 1.807) is 4.90 Å². The molecule has 2 aromatic carbocycles. The van der Waals surface area contributed by atoms with Gasteiger partial charge in [0.1, 0.15) is 13.1 Å². The summed E-state index contributed by atoms with van der Waals surface area (Å²) in [4.78, 5) is 6.12. The second-order valence-electron chi connectivity index (χ2n) is 6.96. The molecule has 2 aliphatic heterocycles. The molecular weight excluding hydrogens is 449 g/mol. The van der Waals surface area contributed by atoms with Crippen LogP contribution in [0.15, 0.2) is 71.2 Å². The summed E-state index contributed by atoms with van der Waals surface area (Å²) < 4.78 is 5.76. The Morgan fingerprint density at radius 2 is 1.76 bits per heavy atom. The topological polar surface area (TPSA) is 48.3 Å². The number of hydrogen-bond acceptors (Lipinski definition) is 2. The molecule has 2 aliphatic rings. The fourth-order valence-corrected chi connectivity index (χ4v) is 3.82. The molecule has 4 rings (SSSR count). The SMILES string of the molecule is C[NH+]1CCOCC1.[N-]=C=C1C([Se])=NC(c2ccccc2)=CC1c1ccc(Cl)cc1. The van der Waals surface area contributed by atoms with E-state index in [0.717, 1.165) is 30.0 Å². The number of morpholine rings is 1. The Labute approximate surface area is 185 Å². The van der Waals surface area contributed by atoms with Crippen molar-refractivity contribution < 1.29 is 9.64 Å². The summed E-state index contributed by atoms with van der Waals surface area (Å²) in [5.41, 5.74) is 3.55. The number of allylic oxidation sites excluding steroid dienone is 2. The van der Waals surface area contributed by atoms with E-state index in [2.05, 4.69) is 33.9 Å². The number of halogens is 1. The molecule has 2 aromatic rings. The number of aliphatic imine (C=N–C) groups is 1. The normalized spacial score (nSPS) is 19.4. The van der Waals surface area contributed by atoms with Crippen molar-refractivity contribution in [2.24, 2.45) is 4.99 Å². The van der Waals surface area contributed by atoms with Crippen molar-refractivity contribution in [3.8, 4) is 0 Å². The van der Waals surface area contributed by atoms with Gasteiger partial charge in [0, 0.05) is 0 Å².